The zero-order valence-corrected chi connectivity index (χ0v) is 16.1. The Morgan fingerprint density at radius 1 is 0.750 bits per heavy atom. The fraction of sp³-hybridized carbons (Fsp3) is 0.364. The van der Waals surface area contributed by atoms with Crippen molar-refractivity contribution in [2.75, 3.05) is 0 Å². The van der Waals surface area contributed by atoms with E-state index in [9.17, 15) is 0 Å². The van der Waals surface area contributed by atoms with Gasteiger partial charge in [0.25, 0.3) is 0 Å². The van der Waals surface area contributed by atoms with Gasteiger partial charge in [0, 0.05) is 10.4 Å². The van der Waals surface area contributed by atoms with Gasteiger partial charge in [-0.3, -0.25) is 0 Å². The highest BCUT2D eigenvalue weighted by Crippen LogP contribution is 2.38. The predicted molar refractivity (Wildman–Crippen MR) is 110 cm³/mol. The van der Waals surface area contributed by atoms with Crippen molar-refractivity contribution in [3.05, 3.63) is 58.8 Å². The summed E-state index contributed by atoms with van der Waals surface area (Å²) in [7, 11) is 0. The van der Waals surface area contributed by atoms with Crippen molar-refractivity contribution in [1.82, 2.24) is 0 Å². The molecule has 0 nitrogen and oxygen atoms in total. The Morgan fingerprint density at radius 2 is 1.54 bits per heavy atom. The zero-order chi connectivity index (χ0) is 16.6. The minimum atomic E-state index is 1.22. The summed E-state index contributed by atoms with van der Waals surface area (Å²) in [5, 5.41) is 4.36. The second-order valence-corrected chi connectivity index (χ2v) is 8.22. The van der Waals surface area contributed by atoms with Crippen molar-refractivity contribution in [2.45, 2.75) is 51.9 Å². The van der Waals surface area contributed by atoms with Gasteiger partial charge in [-0.15, -0.1) is 22.7 Å². The molecule has 2 aromatic heterocycles. The van der Waals surface area contributed by atoms with Gasteiger partial charge in [-0.05, 0) is 46.9 Å². The lowest BCUT2D eigenvalue weighted by Gasteiger charge is -2.06. The van der Waals surface area contributed by atoms with E-state index in [4.69, 9.17) is 0 Å². The molecule has 0 radical (unpaired) electrons. The molecule has 2 heteroatoms. The van der Waals surface area contributed by atoms with Crippen molar-refractivity contribution >= 4 is 22.7 Å². The van der Waals surface area contributed by atoms with E-state index in [1.165, 1.54) is 71.4 Å². The molecule has 3 aromatic rings. The molecule has 0 aliphatic carbocycles. The lowest BCUT2D eigenvalue weighted by Crippen LogP contribution is -1.87. The third-order valence-corrected chi connectivity index (χ3v) is 6.46. The van der Waals surface area contributed by atoms with Crippen LogP contribution in [0, 0.1) is 0 Å². The van der Waals surface area contributed by atoms with Gasteiger partial charge in [0.2, 0.25) is 0 Å². The molecule has 0 unspecified atom stereocenters. The Balaban J connectivity index is 1.58. The number of thiophene rings is 2. The Hall–Kier alpha value is -1.38. The highest BCUT2D eigenvalue weighted by Gasteiger charge is 2.09. The van der Waals surface area contributed by atoms with Gasteiger partial charge in [0.1, 0.15) is 0 Å². The Bertz CT molecular complexity index is 705. The van der Waals surface area contributed by atoms with Crippen LogP contribution in [0.4, 0.5) is 0 Å². The maximum absolute atomic E-state index is 2.32. The van der Waals surface area contributed by atoms with Gasteiger partial charge >= 0.3 is 0 Å². The lowest BCUT2D eigenvalue weighted by atomic mass is 10.0. The monoisotopic (exact) mass is 354 g/mol. The molecule has 0 spiro atoms. The van der Waals surface area contributed by atoms with Crippen LogP contribution in [0.5, 0.6) is 0 Å². The average molecular weight is 355 g/mol. The van der Waals surface area contributed by atoms with Crippen LogP contribution in [0.25, 0.3) is 20.9 Å². The van der Waals surface area contributed by atoms with Gasteiger partial charge in [0.05, 0.1) is 4.88 Å². The van der Waals surface area contributed by atoms with E-state index in [0.717, 1.165) is 0 Å². The average Bonchev–Trinajstić information content (AvgIpc) is 3.29. The van der Waals surface area contributed by atoms with Crippen LogP contribution in [0.3, 0.4) is 0 Å². The van der Waals surface area contributed by atoms with Gasteiger partial charge in [0.15, 0.2) is 0 Å². The number of benzene rings is 1. The normalized spacial score (nSPS) is 11.0. The number of rotatable bonds is 9. The molecule has 0 fully saturated rings. The summed E-state index contributed by atoms with van der Waals surface area (Å²) in [4.78, 5) is 2.77. The van der Waals surface area contributed by atoms with E-state index < -0.39 is 0 Å². The minimum Gasteiger partial charge on any atom is -0.143 e. The van der Waals surface area contributed by atoms with E-state index >= 15 is 0 Å². The molecule has 0 atom stereocenters. The second kappa shape index (κ2) is 9.19. The van der Waals surface area contributed by atoms with Gasteiger partial charge in [-0.1, -0.05) is 69.4 Å². The predicted octanol–water partition coefficient (Wildman–Crippen LogP) is 8.05. The van der Waals surface area contributed by atoms with Crippen LogP contribution >= 0.6 is 22.7 Å². The van der Waals surface area contributed by atoms with E-state index in [2.05, 4.69) is 60.1 Å². The SMILES string of the molecule is CCCCCCCCc1ccc(-c2ccsc2-c2cccs2)cc1. The van der Waals surface area contributed by atoms with Crippen LogP contribution in [0.1, 0.15) is 51.0 Å². The van der Waals surface area contributed by atoms with Crippen LogP contribution in [0.15, 0.2) is 53.2 Å². The number of aryl methyl sites for hydroxylation is 1. The topological polar surface area (TPSA) is 0 Å². The van der Waals surface area contributed by atoms with E-state index in [-0.39, 0.29) is 0 Å². The summed E-state index contributed by atoms with van der Waals surface area (Å²) in [6, 6.07) is 15.8. The molecule has 3 rings (SSSR count). The Labute approximate surface area is 154 Å². The standard InChI is InChI=1S/C22H26S2/c1-2-3-4-5-6-7-9-18-11-13-19(14-12-18)20-15-17-24-22(20)21-10-8-16-23-21/h8,10-17H,2-7,9H2,1H3. The first-order valence-electron chi connectivity index (χ1n) is 9.09. The Kier molecular flexibility index (Phi) is 6.68. The van der Waals surface area contributed by atoms with Gasteiger partial charge in [-0.2, -0.15) is 0 Å². The molecule has 0 aliphatic heterocycles. The molecule has 0 aliphatic rings. The molecule has 0 saturated carbocycles. The molecule has 1 aromatic carbocycles. The molecule has 0 bridgehead atoms. The van der Waals surface area contributed by atoms with Crippen molar-refractivity contribution < 1.29 is 0 Å². The van der Waals surface area contributed by atoms with Crippen LogP contribution < -0.4 is 0 Å². The maximum Gasteiger partial charge on any atom is 0.0520 e. The smallest absolute Gasteiger partial charge is 0.0520 e. The molecular formula is C22H26S2. The molecule has 126 valence electrons. The molecule has 0 amide bonds. The first kappa shape index (κ1) is 17.4. The summed E-state index contributed by atoms with van der Waals surface area (Å²) in [5.74, 6) is 0. The summed E-state index contributed by atoms with van der Waals surface area (Å²) >= 11 is 3.66. The fourth-order valence-electron chi connectivity index (χ4n) is 3.10. The van der Waals surface area contributed by atoms with Crippen LogP contribution in [-0.2, 0) is 6.42 Å². The number of hydrogen-bond acceptors (Lipinski definition) is 2. The highest BCUT2D eigenvalue weighted by molar-refractivity contribution is 7.20. The lowest BCUT2D eigenvalue weighted by molar-refractivity contribution is 0.607. The van der Waals surface area contributed by atoms with Crippen molar-refractivity contribution in [2.24, 2.45) is 0 Å². The zero-order valence-electron chi connectivity index (χ0n) is 14.5. The fourth-order valence-corrected chi connectivity index (χ4v) is 4.90. The quantitative estimate of drug-likeness (QED) is 0.341. The summed E-state index contributed by atoms with van der Waals surface area (Å²) in [6.07, 6.45) is 9.42. The van der Waals surface area contributed by atoms with Gasteiger partial charge in [-0.25, -0.2) is 0 Å². The maximum atomic E-state index is 2.32. The Morgan fingerprint density at radius 3 is 2.29 bits per heavy atom. The molecule has 0 saturated heterocycles. The summed E-state index contributed by atoms with van der Waals surface area (Å²) in [5.41, 5.74) is 4.18. The number of hydrogen-bond donors (Lipinski definition) is 0. The van der Waals surface area contributed by atoms with E-state index in [1.54, 1.807) is 0 Å². The van der Waals surface area contributed by atoms with Gasteiger partial charge < -0.3 is 0 Å². The van der Waals surface area contributed by atoms with E-state index in [0.29, 0.717) is 0 Å². The first-order chi connectivity index (χ1) is 11.9. The van der Waals surface area contributed by atoms with Crippen LogP contribution in [-0.4, -0.2) is 0 Å². The van der Waals surface area contributed by atoms with E-state index in [1.807, 2.05) is 22.7 Å². The van der Waals surface area contributed by atoms with Crippen molar-refractivity contribution in [1.29, 1.82) is 0 Å². The first-order valence-corrected chi connectivity index (χ1v) is 10.8. The molecule has 2 heterocycles. The third-order valence-electron chi connectivity index (χ3n) is 4.49. The summed E-state index contributed by atoms with van der Waals surface area (Å²) in [6.45, 7) is 2.28. The number of unbranched alkanes of at least 4 members (excludes halogenated alkanes) is 5. The third kappa shape index (κ3) is 4.58. The largest absolute Gasteiger partial charge is 0.143 e. The van der Waals surface area contributed by atoms with Crippen molar-refractivity contribution in [3.8, 4) is 20.9 Å². The highest BCUT2D eigenvalue weighted by atomic mass is 32.1. The molecule has 24 heavy (non-hydrogen) atoms. The van der Waals surface area contributed by atoms with Crippen LogP contribution in [0.2, 0.25) is 0 Å². The summed E-state index contributed by atoms with van der Waals surface area (Å²) < 4.78 is 0. The molecular weight excluding hydrogens is 328 g/mol. The second-order valence-electron chi connectivity index (χ2n) is 6.36. The molecule has 0 N–H and O–H groups in total. The van der Waals surface area contributed by atoms with Crippen molar-refractivity contribution in [3.63, 3.8) is 0 Å². The minimum absolute atomic E-state index is 1.22.